The van der Waals surface area contributed by atoms with Crippen molar-refractivity contribution in [1.82, 2.24) is 0 Å². The van der Waals surface area contributed by atoms with Crippen LogP contribution in [0.25, 0.3) is 0 Å². The van der Waals surface area contributed by atoms with Crippen LogP contribution in [0.15, 0.2) is 24.3 Å². The predicted octanol–water partition coefficient (Wildman–Crippen LogP) is 5.25. The lowest BCUT2D eigenvalue weighted by Crippen LogP contribution is -2.00. The molecule has 0 unspecified atom stereocenters. The van der Waals surface area contributed by atoms with E-state index in [1.807, 2.05) is 0 Å². The van der Waals surface area contributed by atoms with Crippen molar-refractivity contribution in [2.24, 2.45) is 0 Å². The maximum atomic E-state index is 13.6. The standard InChI is InChI=1S/C12H7Cl3F2N2/c13-6-3-8(15)11(4-7(6)14)19-12-9(16)1-5(18)2-10(12)17/h1-4,19H,18H2. The van der Waals surface area contributed by atoms with E-state index in [0.29, 0.717) is 0 Å². The summed E-state index contributed by atoms with van der Waals surface area (Å²) in [6.07, 6.45) is 0. The minimum atomic E-state index is -0.834. The van der Waals surface area contributed by atoms with E-state index in [-0.39, 0.29) is 32.1 Å². The number of rotatable bonds is 2. The number of hydrogen-bond donors (Lipinski definition) is 2. The van der Waals surface area contributed by atoms with Gasteiger partial charge >= 0.3 is 0 Å². The molecule has 0 radical (unpaired) electrons. The first-order valence-electron chi connectivity index (χ1n) is 5.04. The van der Waals surface area contributed by atoms with Crippen LogP contribution < -0.4 is 11.1 Å². The van der Waals surface area contributed by atoms with Crippen molar-refractivity contribution in [1.29, 1.82) is 0 Å². The highest BCUT2D eigenvalue weighted by Gasteiger charge is 2.13. The van der Waals surface area contributed by atoms with Crippen LogP contribution in [0.2, 0.25) is 15.1 Å². The molecule has 19 heavy (non-hydrogen) atoms. The first-order chi connectivity index (χ1) is 8.88. The van der Waals surface area contributed by atoms with Crippen LogP contribution in [0.1, 0.15) is 0 Å². The van der Waals surface area contributed by atoms with Gasteiger partial charge in [0.1, 0.15) is 5.69 Å². The monoisotopic (exact) mass is 322 g/mol. The third-order valence-electron chi connectivity index (χ3n) is 2.33. The molecule has 0 bridgehead atoms. The summed E-state index contributed by atoms with van der Waals surface area (Å²) < 4.78 is 27.2. The average Bonchev–Trinajstić information content (AvgIpc) is 2.29. The fraction of sp³-hybridized carbons (Fsp3) is 0. The zero-order chi connectivity index (χ0) is 14.2. The molecule has 3 N–H and O–H groups in total. The van der Waals surface area contributed by atoms with Gasteiger partial charge in [0.2, 0.25) is 0 Å². The van der Waals surface area contributed by atoms with Crippen LogP contribution in [-0.4, -0.2) is 0 Å². The molecule has 0 heterocycles. The molecular formula is C12H7Cl3F2N2. The predicted molar refractivity (Wildman–Crippen MR) is 75.5 cm³/mol. The lowest BCUT2D eigenvalue weighted by molar-refractivity contribution is 0.592. The van der Waals surface area contributed by atoms with E-state index >= 15 is 0 Å². The maximum absolute atomic E-state index is 13.6. The minimum absolute atomic E-state index is 0.0132. The van der Waals surface area contributed by atoms with Gasteiger partial charge in [-0.1, -0.05) is 34.8 Å². The molecule has 2 aromatic carbocycles. The lowest BCUT2D eigenvalue weighted by Gasteiger charge is -2.12. The summed E-state index contributed by atoms with van der Waals surface area (Å²) in [5.74, 6) is -1.67. The van der Waals surface area contributed by atoms with Crippen molar-refractivity contribution in [2.45, 2.75) is 0 Å². The Bertz CT molecular complexity index is 624. The van der Waals surface area contributed by atoms with Gasteiger partial charge in [-0.05, 0) is 24.3 Å². The van der Waals surface area contributed by atoms with Gasteiger partial charge in [-0.25, -0.2) is 8.78 Å². The number of nitrogen functional groups attached to an aromatic ring is 1. The largest absolute Gasteiger partial charge is 0.399 e. The normalized spacial score (nSPS) is 10.6. The molecule has 2 rings (SSSR count). The summed E-state index contributed by atoms with van der Waals surface area (Å²) >= 11 is 17.5. The highest BCUT2D eigenvalue weighted by atomic mass is 35.5. The summed E-state index contributed by atoms with van der Waals surface area (Å²) in [5, 5.41) is 3.17. The molecule has 100 valence electrons. The summed E-state index contributed by atoms with van der Waals surface area (Å²) in [5.41, 5.74) is 5.18. The molecule has 0 atom stereocenters. The summed E-state index contributed by atoms with van der Waals surface area (Å²) in [6, 6.07) is 4.75. The van der Waals surface area contributed by atoms with Crippen LogP contribution in [0, 0.1) is 11.6 Å². The van der Waals surface area contributed by atoms with Crippen LogP contribution >= 0.6 is 34.8 Å². The highest BCUT2D eigenvalue weighted by Crippen LogP contribution is 2.35. The molecule has 7 heteroatoms. The number of anilines is 3. The number of hydrogen-bond acceptors (Lipinski definition) is 2. The Morgan fingerprint density at radius 3 is 1.95 bits per heavy atom. The highest BCUT2D eigenvalue weighted by molar-refractivity contribution is 6.44. The summed E-state index contributed by atoms with van der Waals surface area (Å²) in [7, 11) is 0. The van der Waals surface area contributed by atoms with Crippen LogP contribution in [0.4, 0.5) is 25.8 Å². The third-order valence-corrected chi connectivity index (χ3v) is 3.37. The van der Waals surface area contributed by atoms with Gasteiger partial charge in [0, 0.05) is 5.69 Å². The van der Waals surface area contributed by atoms with Crippen LogP contribution in [-0.2, 0) is 0 Å². The van der Waals surface area contributed by atoms with Gasteiger partial charge < -0.3 is 11.1 Å². The SMILES string of the molecule is Nc1cc(F)c(Nc2cc(Cl)c(Cl)cc2Cl)c(F)c1. The molecule has 0 spiro atoms. The smallest absolute Gasteiger partial charge is 0.151 e. The zero-order valence-electron chi connectivity index (χ0n) is 9.28. The Morgan fingerprint density at radius 2 is 1.37 bits per heavy atom. The number of nitrogens with one attached hydrogen (secondary N) is 1. The van der Waals surface area contributed by atoms with Gasteiger partial charge in [-0.15, -0.1) is 0 Å². The first kappa shape index (κ1) is 14.2. The molecule has 0 saturated heterocycles. The number of halogens is 5. The van der Waals surface area contributed by atoms with Crippen LogP contribution in [0.5, 0.6) is 0 Å². The van der Waals surface area contributed by atoms with E-state index in [4.69, 9.17) is 40.5 Å². The molecule has 0 aliphatic rings. The lowest BCUT2D eigenvalue weighted by atomic mass is 10.2. The van der Waals surface area contributed by atoms with E-state index in [9.17, 15) is 8.78 Å². The van der Waals surface area contributed by atoms with Crippen molar-refractivity contribution in [2.75, 3.05) is 11.1 Å². The molecular weight excluding hydrogens is 317 g/mol. The van der Waals surface area contributed by atoms with E-state index in [1.165, 1.54) is 12.1 Å². The molecule has 2 aromatic rings. The van der Waals surface area contributed by atoms with Crippen molar-refractivity contribution in [3.05, 3.63) is 51.0 Å². The van der Waals surface area contributed by atoms with Gasteiger partial charge in [0.05, 0.1) is 20.8 Å². The molecule has 0 aliphatic carbocycles. The fourth-order valence-electron chi connectivity index (χ4n) is 1.47. The third kappa shape index (κ3) is 3.03. The second kappa shape index (κ2) is 5.41. The quantitative estimate of drug-likeness (QED) is 0.585. The molecule has 2 nitrogen and oxygen atoms in total. The van der Waals surface area contributed by atoms with Crippen molar-refractivity contribution >= 4 is 51.9 Å². The van der Waals surface area contributed by atoms with Crippen molar-refractivity contribution in [3.8, 4) is 0 Å². The second-order valence-corrected chi connectivity index (χ2v) is 4.95. The maximum Gasteiger partial charge on any atom is 0.151 e. The van der Waals surface area contributed by atoms with Gasteiger partial charge in [-0.2, -0.15) is 0 Å². The Labute approximate surface area is 123 Å². The second-order valence-electron chi connectivity index (χ2n) is 3.73. The summed E-state index contributed by atoms with van der Waals surface area (Å²) in [4.78, 5) is 0. The van der Waals surface area contributed by atoms with Gasteiger partial charge in [0.25, 0.3) is 0 Å². The van der Waals surface area contributed by atoms with E-state index in [0.717, 1.165) is 12.1 Å². The van der Waals surface area contributed by atoms with Crippen LogP contribution in [0.3, 0.4) is 0 Å². The Kier molecular flexibility index (Phi) is 4.04. The van der Waals surface area contributed by atoms with E-state index in [1.54, 1.807) is 0 Å². The summed E-state index contributed by atoms with van der Waals surface area (Å²) in [6.45, 7) is 0. The molecule has 0 aliphatic heterocycles. The number of benzene rings is 2. The molecule has 0 aromatic heterocycles. The van der Waals surface area contributed by atoms with Gasteiger partial charge in [-0.3, -0.25) is 0 Å². The van der Waals surface area contributed by atoms with E-state index < -0.39 is 11.6 Å². The average molecular weight is 324 g/mol. The number of nitrogens with two attached hydrogens (primary N) is 1. The van der Waals surface area contributed by atoms with Crippen molar-refractivity contribution in [3.63, 3.8) is 0 Å². The topological polar surface area (TPSA) is 38.0 Å². The Balaban J connectivity index is 2.45. The Hall–Kier alpha value is -1.23. The van der Waals surface area contributed by atoms with Crippen molar-refractivity contribution < 1.29 is 8.78 Å². The first-order valence-corrected chi connectivity index (χ1v) is 6.18. The Morgan fingerprint density at radius 1 is 0.842 bits per heavy atom. The molecule has 0 saturated carbocycles. The van der Waals surface area contributed by atoms with Gasteiger partial charge in [0.15, 0.2) is 11.6 Å². The van der Waals surface area contributed by atoms with E-state index in [2.05, 4.69) is 5.32 Å². The molecule has 0 fully saturated rings. The fourth-order valence-corrected chi connectivity index (χ4v) is 2.06. The zero-order valence-corrected chi connectivity index (χ0v) is 11.5. The molecule has 0 amide bonds. The minimum Gasteiger partial charge on any atom is -0.399 e.